The summed E-state index contributed by atoms with van der Waals surface area (Å²) in [5, 5.41) is 3.04. The molecule has 0 fully saturated rings. The summed E-state index contributed by atoms with van der Waals surface area (Å²) in [5.41, 5.74) is 4.76. The molecule has 0 aromatic heterocycles. The Morgan fingerprint density at radius 1 is 0.969 bits per heavy atom. The maximum absolute atomic E-state index is 12.6. The fourth-order valence-electron chi connectivity index (χ4n) is 4.64. The van der Waals surface area contributed by atoms with Gasteiger partial charge in [0.1, 0.15) is 18.2 Å². The Morgan fingerprint density at radius 2 is 1.59 bits per heavy atom. The first-order valence-corrected chi connectivity index (χ1v) is 11.3. The van der Waals surface area contributed by atoms with Crippen LogP contribution in [0, 0.1) is 5.92 Å². The zero-order valence-electron chi connectivity index (χ0n) is 18.4. The zero-order chi connectivity index (χ0) is 22.5. The average Bonchev–Trinajstić information content (AvgIpc) is 3.15. The number of carbonyl (C=O) groups excluding carboxylic acids is 3. The fraction of sp³-hybridized carbons (Fsp3) is 0.370. The van der Waals surface area contributed by atoms with E-state index in [1.165, 1.54) is 29.2 Å². The first-order valence-electron chi connectivity index (χ1n) is 11.3. The van der Waals surface area contributed by atoms with E-state index in [0.29, 0.717) is 25.9 Å². The molecule has 0 bridgehead atoms. The van der Waals surface area contributed by atoms with Gasteiger partial charge in [-0.25, -0.2) is 0 Å². The number of hydrogen-bond acceptors (Lipinski definition) is 5. The molecule has 0 amide bonds. The van der Waals surface area contributed by atoms with Crippen LogP contribution in [0.25, 0.3) is 11.1 Å². The number of Topliss-reactive ketones (excluding diaryl/α,β-unsaturated/α-hetero) is 2. The summed E-state index contributed by atoms with van der Waals surface area (Å²) in [5.74, 6) is -0.426. The topological polar surface area (TPSA) is 72.5 Å². The van der Waals surface area contributed by atoms with Crippen LogP contribution in [0.15, 0.2) is 60.7 Å². The van der Waals surface area contributed by atoms with Crippen LogP contribution in [0.4, 0.5) is 0 Å². The molecule has 5 heteroatoms. The molecule has 2 aromatic carbocycles. The summed E-state index contributed by atoms with van der Waals surface area (Å²) in [6.45, 7) is 1.98. The molecule has 0 saturated heterocycles. The van der Waals surface area contributed by atoms with Crippen LogP contribution in [-0.4, -0.2) is 36.7 Å². The first-order chi connectivity index (χ1) is 15.5. The number of fused-ring (bicyclic) bond motifs is 3. The van der Waals surface area contributed by atoms with Crippen LogP contribution in [0.5, 0.6) is 0 Å². The second kappa shape index (κ2) is 10.0. The number of carbonyl (C=O) groups is 3. The Kier molecular flexibility index (Phi) is 6.96. The highest BCUT2D eigenvalue weighted by Crippen LogP contribution is 2.44. The number of allylic oxidation sites excluding steroid dienone is 1. The molecule has 5 nitrogen and oxygen atoms in total. The molecule has 4 rings (SSSR count). The molecular weight excluding hydrogens is 402 g/mol. The molecule has 2 aromatic rings. The van der Waals surface area contributed by atoms with Crippen molar-refractivity contribution in [2.45, 2.75) is 44.6 Å². The predicted octanol–water partition coefficient (Wildman–Crippen LogP) is 4.20. The van der Waals surface area contributed by atoms with Gasteiger partial charge in [0, 0.05) is 18.3 Å². The SMILES string of the molecule is CC(=O)[C@@H]1C/C=C\C[C@H](CCC(=O)OCC2c3ccccc3-c3ccccc32)C(=O)CN1. The van der Waals surface area contributed by atoms with E-state index in [1.807, 2.05) is 36.4 Å². The van der Waals surface area contributed by atoms with Crippen LogP contribution in [-0.2, 0) is 19.1 Å². The minimum atomic E-state index is -0.323. The first kappa shape index (κ1) is 22.2. The Hall–Kier alpha value is -3.05. The fourth-order valence-corrected chi connectivity index (χ4v) is 4.64. The maximum Gasteiger partial charge on any atom is 0.305 e. The minimum Gasteiger partial charge on any atom is -0.465 e. The van der Waals surface area contributed by atoms with Crippen LogP contribution in [0.2, 0.25) is 0 Å². The van der Waals surface area contributed by atoms with E-state index >= 15 is 0 Å². The summed E-state index contributed by atoms with van der Waals surface area (Å²) in [6.07, 6.45) is 5.72. The van der Waals surface area contributed by atoms with Gasteiger partial charge in [-0.15, -0.1) is 0 Å². The number of ether oxygens (including phenoxy) is 1. The monoisotopic (exact) mass is 431 g/mol. The standard InChI is InChI=1S/C27H29NO4/c1-18(29)25-13-7-2-8-19(26(30)16-28-25)14-15-27(31)32-17-24-22-11-5-3-9-20(22)21-10-4-6-12-23(21)24/h2-7,9-12,19,24-25,28H,8,13-17H2,1H3/b7-2-/t19-,25+/m1/s1. The number of hydrogen-bond donors (Lipinski definition) is 1. The number of rotatable bonds is 6. The lowest BCUT2D eigenvalue weighted by Crippen LogP contribution is -2.39. The third-order valence-electron chi connectivity index (χ3n) is 6.50. The summed E-state index contributed by atoms with van der Waals surface area (Å²) >= 11 is 0. The molecule has 1 aliphatic heterocycles. The number of benzene rings is 2. The predicted molar refractivity (Wildman–Crippen MR) is 123 cm³/mol. The van der Waals surface area contributed by atoms with Gasteiger partial charge in [0.15, 0.2) is 0 Å². The molecule has 0 saturated carbocycles. The quantitative estimate of drug-likeness (QED) is 0.548. The van der Waals surface area contributed by atoms with E-state index in [9.17, 15) is 14.4 Å². The van der Waals surface area contributed by atoms with Crippen molar-refractivity contribution in [3.63, 3.8) is 0 Å². The lowest BCUT2D eigenvalue weighted by molar-refractivity contribution is -0.144. The summed E-state index contributed by atoms with van der Waals surface area (Å²) in [6, 6.07) is 16.2. The van der Waals surface area contributed by atoms with Crippen LogP contribution in [0.1, 0.15) is 49.7 Å². The van der Waals surface area contributed by atoms with Gasteiger partial charge < -0.3 is 10.1 Å². The largest absolute Gasteiger partial charge is 0.465 e. The third kappa shape index (κ3) is 4.89. The zero-order valence-corrected chi connectivity index (χ0v) is 18.4. The van der Waals surface area contributed by atoms with Gasteiger partial charge in [0.05, 0.1) is 12.6 Å². The third-order valence-corrected chi connectivity index (χ3v) is 6.50. The molecule has 0 radical (unpaired) electrons. The van der Waals surface area contributed by atoms with Crippen molar-refractivity contribution < 1.29 is 19.1 Å². The number of ketones is 2. The lowest BCUT2D eigenvalue weighted by Gasteiger charge is -2.17. The molecule has 2 aliphatic rings. The van der Waals surface area contributed by atoms with Gasteiger partial charge in [0.25, 0.3) is 0 Å². The maximum atomic E-state index is 12.6. The van der Waals surface area contributed by atoms with Crippen molar-refractivity contribution in [2.24, 2.45) is 5.92 Å². The molecule has 32 heavy (non-hydrogen) atoms. The highest BCUT2D eigenvalue weighted by atomic mass is 16.5. The van der Waals surface area contributed by atoms with Gasteiger partial charge in [-0.3, -0.25) is 14.4 Å². The lowest BCUT2D eigenvalue weighted by atomic mass is 9.94. The van der Waals surface area contributed by atoms with Crippen molar-refractivity contribution in [3.8, 4) is 11.1 Å². The van der Waals surface area contributed by atoms with E-state index in [4.69, 9.17) is 4.74 Å². The highest BCUT2D eigenvalue weighted by Gasteiger charge is 2.29. The van der Waals surface area contributed by atoms with E-state index in [-0.39, 0.29) is 48.4 Å². The normalized spacial score (nSPS) is 21.6. The molecule has 1 aliphatic carbocycles. The highest BCUT2D eigenvalue weighted by molar-refractivity contribution is 5.86. The van der Waals surface area contributed by atoms with Crippen molar-refractivity contribution >= 4 is 17.5 Å². The van der Waals surface area contributed by atoms with Crippen molar-refractivity contribution in [2.75, 3.05) is 13.2 Å². The summed E-state index contributed by atoms with van der Waals surface area (Å²) < 4.78 is 5.67. The second-order valence-electron chi connectivity index (χ2n) is 8.60. The molecule has 2 atom stereocenters. The van der Waals surface area contributed by atoms with Crippen molar-refractivity contribution in [1.82, 2.24) is 5.32 Å². The van der Waals surface area contributed by atoms with Crippen molar-refractivity contribution in [1.29, 1.82) is 0 Å². The Bertz CT molecular complexity index is 996. The van der Waals surface area contributed by atoms with Gasteiger partial charge >= 0.3 is 5.97 Å². The molecular formula is C27H29NO4. The molecule has 0 unspecified atom stereocenters. The molecule has 1 N–H and O–H groups in total. The number of esters is 1. The van der Waals surface area contributed by atoms with Crippen molar-refractivity contribution in [3.05, 3.63) is 71.8 Å². The molecule has 1 heterocycles. The van der Waals surface area contributed by atoms with E-state index in [0.717, 1.165) is 0 Å². The average molecular weight is 432 g/mol. The van der Waals surface area contributed by atoms with Gasteiger partial charge in [-0.2, -0.15) is 0 Å². The summed E-state index contributed by atoms with van der Waals surface area (Å²) in [4.78, 5) is 36.8. The molecule has 0 spiro atoms. The number of nitrogens with one attached hydrogen (secondary N) is 1. The van der Waals surface area contributed by atoms with E-state index in [2.05, 4.69) is 29.6 Å². The second-order valence-corrected chi connectivity index (χ2v) is 8.60. The summed E-state index contributed by atoms with van der Waals surface area (Å²) in [7, 11) is 0. The van der Waals surface area contributed by atoms with Gasteiger partial charge in [0.2, 0.25) is 0 Å². The van der Waals surface area contributed by atoms with Crippen LogP contribution >= 0.6 is 0 Å². The smallest absolute Gasteiger partial charge is 0.305 e. The van der Waals surface area contributed by atoms with E-state index in [1.54, 1.807) is 0 Å². The molecule has 166 valence electrons. The van der Waals surface area contributed by atoms with Crippen LogP contribution < -0.4 is 5.32 Å². The Labute approximate surface area is 188 Å². The Morgan fingerprint density at radius 3 is 2.25 bits per heavy atom. The van der Waals surface area contributed by atoms with Gasteiger partial charge in [-0.1, -0.05) is 60.7 Å². The Balaban J connectivity index is 1.33. The van der Waals surface area contributed by atoms with Gasteiger partial charge in [-0.05, 0) is 48.4 Å². The van der Waals surface area contributed by atoms with Crippen LogP contribution in [0.3, 0.4) is 0 Å². The van der Waals surface area contributed by atoms with E-state index < -0.39 is 0 Å². The minimum absolute atomic E-state index is 0.0273.